The van der Waals surface area contributed by atoms with E-state index in [1.54, 1.807) is 19.9 Å². The van der Waals surface area contributed by atoms with E-state index in [4.69, 9.17) is 0 Å². The Morgan fingerprint density at radius 1 is 1.47 bits per heavy atom. The number of nitrogens with zero attached hydrogens (tertiary/aromatic N) is 2. The molecule has 0 radical (unpaired) electrons. The van der Waals surface area contributed by atoms with Gasteiger partial charge in [-0.3, -0.25) is 9.20 Å². The summed E-state index contributed by atoms with van der Waals surface area (Å²) in [7, 11) is 0. The Hall–Kier alpha value is -1.71. The molecular formula is C11H11FN2O. The van der Waals surface area contributed by atoms with E-state index in [1.165, 1.54) is 17.5 Å². The van der Waals surface area contributed by atoms with Crippen LogP contribution >= 0.6 is 0 Å². The highest BCUT2D eigenvalue weighted by molar-refractivity contribution is 5.94. The molecule has 0 unspecified atom stereocenters. The average molecular weight is 206 g/mol. The first-order valence-corrected chi connectivity index (χ1v) is 4.66. The van der Waals surface area contributed by atoms with Gasteiger partial charge in [0.25, 0.3) is 0 Å². The summed E-state index contributed by atoms with van der Waals surface area (Å²) < 4.78 is 14.8. The zero-order valence-electron chi connectivity index (χ0n) is 8.84. The van der Waals surface area contributed by atoms with Gasteiger partial charge in [0.2, 0.25) is 0 Å². The minimum atomic E-state index is -0.331. The highest BCUT2D eigenvalue weighted by Crippen LogP contribution is 2.16. The number of Topliss-reactive ketones (excluding diaryl/α,β-unsaturated/α-hetero) is 1. The molecule has 0 aliphatic heterocycles. The molecule has 0 aliphatic rings. The predicted molar refractivity (Wildman–Crippen MR) is 54.6 cm³/mol. The Morgan fingerprint density at radius 2 is 2.13 bits per heavy atom. The molecule has 2 heterocycles. The summed E-state index contributed by atoms with van der Waals surface area (Å²) >= 11 is 0. The van der Waals surface area contributed by atoms with Crippen molar-refractivity contribution in [2.24, 2.45) is 0 Å². The van der Waals surface area contributed by atoms with Crippen LogP contribution in [0.25, 0.3) is 5.65 Å². The maximum atomic E-state index is 13.3. The second-order valence-corrected chi connectivity index (χ2v) is 3.63. The zero-order chi connectivity index (χ0) is 11.2. The zero-order valence-corrected chi connectivity index (χ0v) is 8.84. The van der Waals surface area contributed by atoms with Crippen molar-refractivity contribution < 1.29 is 9.18 Å². The third kappa shape index (κ3) is 1.42. The van der Waals surface area contributed by atoms with Gasteiger partial charge in [0, 0.05) is 13.1 Å². The molecule has 0 spiro atoms. The number of halogens is 1. The summed E-state index contributed by atoms with van der Waals surface area (Å²) in [6, 6.07) is 1.63. The Morgan fingerprint density at radius 3 is 2.73 bits per heavy atom. The molecule has 0 saturated carbocycles. The van der Waals surface area contributed by atoms with Gasteiger partial charge in [-0.2, -0.15) is 0 Å². The van der Waals surface area contributed by atoms with Crippen molar-refractivity contribution in [3.05, 3.63) is 35.0 Å². The number of imidazole rings is 1. The van der Waals surface area contributed by atoms with Gasteiger partial charge in [0.1, 0.15) is 17.2 Å². The van der Waals surface area contributed by atoms with Gasteiger partial charge in [0.15, 0.2) is 5.78 Å². The summed E-state index contributed by atoms with van der Waals surface area (Å²) in [5.41, 5.74) is 2.22. The molecule has 0 N–H and O–H groups in total. The van der Waals surface area contributed by atoms with E-state index in [0.29, 0.717) is 22.6 Å². The first kappa shape index (κ1) is 9.83. The number of fused-ring (bicyclic) bond motifs is 1. The fraction of sp³-hybridized carbons (Fsp3) is 0.273. The largest absolute Gasteiger partial charge is 0.294 e. The Labute approximate surface area is 86.6 Å². The molecule has 0 aliphatic carbocycles. The lowest BCUT2D eigenvalue weighted by Crippen LogP contribution is -2.01. The van der Waals surface area contributed by atoms with E-state index in [0.717, 1.165) is 0 Å². The molecule has 2 aromatic heterocycles. The summed E-state index contributed by atoms with van der Waals surface area (Å²) in [4.78, 5) is 15.6. The van der Waals surface area contributed by atoms with E-state index in [2.05, 4.69) is 4.98 Å². The Bertz CT molecular complexity index is 557. The number of aromatic nitrogens is 2. The maximum absolute atomic E-state index is 13.3. The lowest BCUT2D eigenvalue weighted by Gasteiger charge is -2.00. The average Bonchev–Trinajstić information content (AvgIpc) is 2.41. The molecule has 0 aromatic carbocycles. The monoisotopic (exact) mass is 206 g/mol. The van der Waals surface area contributed by atoms with Crippen LogP contribution < -0.4 is 0 Å². The molecule has 0 atom stereocenters. The van der Waals surface area contributed by atoms with Crippen LogP contribution in [0.15, 0.2) is 12.3 Å². The standard InChI is InChI=1S/C11H11FN2O/c1-6-4-10-13-7(2)11(8(3)15)14(10)5-9(6)12/h4-5H,1-3H3. The number of rotatable bonds is 1. The number of pyridine rings is 1. The van der Waals surface area contributed by atoms with E-state index >= 15 is 0 Å². The molecule has 15 heavy (non-hydrogen) atoms. The predicted octanol–water partition coefficient (Wildman–Crippen LogP) is 2.29. The van der Waals surface area contributed by atoms with Crippen LogP contribution in [0.5, 0.6) is 0 Å². The third-order valence-corrected chi connectivity index (χ3v) is 2.41. The van der Waals surface area contributed by atoms with Crippen molar-refractivity contribution in [3.8, 4) is 0 Å². The summed E-state index contributed by atoms with van der Waals surface area (Å²) in [6.45, 7) is 4.87. The molecule has 0 bridgehead atoms. The number of hydrogen-bond donors (Lipinski definition) is 0. The fourth-order valence-electron chi connectivity index (χ4n) is 1.70. The van der Waals surface area contributed by atoms with Crippen molar-refractivity contribution in [2.75, 3.05) is 0 Å². The van der Waals surface area contributed by atoms with Crippen LogP contribution in [0.4, 0.5) is 4.39 Å². The molecule has 78 valence electrons. The quantitative estimate of drug-likeness (QED) is 0.671. The highest BCUT2D eigenvalue weighted by atomic mass is 19.1. The summed E-state index contributed by atoms with van der Waals surface area (Å²) in [5.74, 6) is -0.439. The van der Waals surface area contributed by atoms with Gasteiger partial charge in [-0.15, -0.1) is 0 Å². The van der Waals surface area contributed by atoms with Crippen molar-refractivity contribution >= 4 is 11.4 Å². The van der Waals surface area contributed by atoms with Crippen LogP contribution in [-0.4, -0.2) is 15.2 Å². The van der Waals surface area contributed by atoms with Gasteiger partial charge in [0.05, 0.1) is 5.69 Å². The minimum Gasteiger partial charge on any atom is -0.294 e. The normalized spacial score (nSPS) is 10.9. The lowest BCUT2D eigenvalue weighted by atomic mass is 10.2. The second kappa shape index (κ2) is 3.15. The van der Waals surface area contributed by atoms with E-state index < -0.39 is 0 Å². The Kier molecular flexibility index (Phi) is 2.07. The molecule has 0 saturated heterocycles. The summed E-state index contributed by atoms with van der Waals surface area (Å²) in [6.07, 6.45) is 1.31. The first-order chi connectivity index (χ1) is 7.00. The fourth-order valence-corrected chi connectivity index (χ4v) is 1.70. The van der Waals surface area contributed by atoms with Gasteiger partial charge < -0.3 is 0 Å². The van der Waals surface area contributed by atoms with Crippen LogP contribution in [-0.2, 0) is 0 Å². The second-order valence-electron chi connectivity index (χ2n) is 3.63. The van der Waals surface area contributed by atoms with Crippen molar-refractivity contribution in [1.82, 2.24) is 9.38 Å². The Balaban J connectivity index is 2.87. The third-order valence-electron chi connectivity index (χ3n) is 2.41. The van der Waals surface area contributed by atoms with E-state index in [9.17, 15) is 9.18 Å². The number of carbonyl (C=O) groups is 1. The van der Waals surface area contributed by atoms with Crippen LogP contribution in [0, 0.1) is 19.7 Å². The topological polar surface area (TPSA) is 34.4 Å². The van der Waals surface area contributed by atoms with E-state index in [1.807, 2.05) is 0 Å². The number of aryl methyl sites for hydroxylation is 2. The molecule has 0 fully saturated rings. The molecular weight excluding hydrogens is 195 g/mol. The minimum absolute atomic E-state index is 0.108. The molecule has 3 nitrogen and oxygen atoms in total. The van der Waals surface area contributed by atoms with Crippen molar-refractivity contribution in [2.45, 2.75) is 20.8 Å². The van der Waals surface area contributed by atoms with Crippen LogP contribution in [0.1, 0.15) is 28.7 Å². The van der Waals surface area contributed by atoms with Crippen molar-refractivity contribution in [1.29, 1.82) is 0 Å². The molecule has 4 heteroatoms. The number of carbonyl (C=O) groups excluding carboxylic acids is 1. The smallest absolute Gasteiger partial charge is 0.178 e. The number of ketones is 1. The van der Waals surface area contributed by atoms with Gasteiger partial charge in [-0.1, -0.05) is 0 Å². The van der Waals surface area contributed by atoms with Crippen LogP contribution in [0.2, 0.25) is 0 Å². The molecule has 2 aromatic rings. The van der Waals surface area contributed by atoms with Gasteiger partial charge >= 0.3 is 0 Å². The van der Waals surface area contributed by atoms with Crippen molar-refractivity contribution in [3.63, 3.8) is 0 Å². The SMILES string of the molecule is CC(=O)c1c(C)nc2cc(C)c(F)cn12. The van der Waals surface area contributed by atoms with Gasteiger partial charge in [-0.05, 0) is 25.5 Å². The highest BCUT2D eigenvalue weighted by Gasteiger charge is 2.13. The molecule has 0 amide bonds. The summed E-state index contributed by atoms with van der Waals surface area (Å²) in [5, 5.41) is 0. The van der Waals surface area contributed by atoms with Gasteiger partial charge in [-0.25, -0.2) is 9.37 Å². The maximum Gasteiger partial charge on any atom is 0.178 e. The van der Waals surface area contributed by atoms with E-state index in [-0.39, 0.29) is 11.6 Å². The first-order valence-electron chi connectivity index (χ1n) is 4.66. The number of hydrogen-bond acceptors (Lipinski definition) is 2. The molecule has 2 rings (SSSR count). The van der Waals surface area contributed by atoms with Crippen LogP contribution in [0.3, 0.4) is 0 Å². The lowest BCUT2D eigenvalue weighted by molar-refractivity contribution is 0.101.